The minimum atomic E-state index is -0.566. The predicted octanol–water partition coefficient (Wildman–Crippen LogP) is 5.96. The largest absolute Gasteiger partial charge is 0.390 e. The number of hydrogen-bond acceptors (Lipinski definition) is 9. The highest BCUT2D eigenvalue weighted by molar-refractivity contribution is 6.36. The smallest absolute Gasteiger partial charge is 0.109 e. The number of nitrogens with zero attached hydrogens (tertiary/aromatic N) is 6. The van der Waals surface area contributed by atoms with Crippen LogP contribution in [0.3, 0.4) is 0 Å². The molecule has 0 spiro atoms. The van der Waals surface area contributed by atoms with Gasteiger partial charge >= 0.3 is 0 Å². The number of halogens is 2. The van der Waals surface area contributed by atoms with Crippen LogP contribution < -0.4 is 10.6 Å². The van der Waals surface area contributed by atoms with Crippen molar-refractivity contribution in [3.05, 3.63) is 106 Å². The maximum Gasteiger partial charge on any atom is 0.109 e. The monoisotopic (exact) mass is 640 g/mol. The van der Waals surface area contributed by atoms with Crippen LogP contribution in [0.25, 0.3) is 10.9 Å². The number of ether oxygens (including phenoxy) is 1. The molecule has 228 valence electrons. The van der Waals surface area contributed by atoms with Crippen molar-refractivity contribution in [1.29, 1.82) is 5.26 Å². The Morgan fingerprint density at radius 2 is 1.89 bits per heavy atom. The number of nitrogens with one attached hydrogen (secondary N) is 2. The lowest BCUT2D eigenvalue weighted by molar-refractivity contribution is -0.0947. The van der Waals surface area contributed by atoms with E-state index < -0.39 is 6.10 Å². The molecule has 0 unspecified atom stereocenters. The van der Waals surface area contributed by atoms with E-state index in [4.69, 9.17) is 27.9 Å². The number of benzene rings is 3. The number of nitriles is 1. The first kappa shape index (κ1) is 29.5. The summed E-state index contributed by atoms with van der Waals surface area (Å²) >= 11 is 13.0. The van der Waals surface area contributed by atoms with Crippen LogP contribution in [0.15, 0.2) is 79.1 Å². The van der Waals surface area contributed by atoms with E-state index >= 15 is 0 Å². The van der Waals surface area contributed by atoms with Crippen molar-refractivity contribution in [2.75, 3.05) is 36.9 Å². The summed E-state index contributed by atoms with van der Waals surface area (Å²) in [6.45, 7) is 2.89. The molecule has 0 aliphatic carbocycles. The third-order valence-corrected chi connectivity index (χ3v) is 8.98. The molecule has 0 saturated carbocycles. The van der Waals surface area contributed by atoms with Gasteiger partial charge in [-0.3, -0.25) is 9.88 Å². The van der Waals surface area contributed by atoms with Gasteiger partial charge in [0.15, 0.2) is 0 Å². The van der Waals surface area contributed by atoms with Crippen LogP contribution in [0.1, 0.15) is 35.3 Å². The molecule has 3 atom stereocenters. The highest BCUT2D eigenvalue weighted by Gasteiger charge is 2.36. The van der Waals surface area contributed by atoms with Crippen molar-refractivity contribution in [2.45, 2.75) is 30.7 Å². The van der Waals surface area contributed by atoms with Crippen LogP contribution in [0.2, 0.25) is 10.0 Å². The highest BCUT2D eigenvalue weighted by atomic mass is 35.5. The lowest BCUT2D eigenvalue weighted by Crippen LogP contribution is -2.55. The van der Waals surface area contributed by atoms with Crippen LogP contribution in [0, 0.1) is 11.3 Å². The summed E-state index contributed by atoms with van der Waals surface area (Å²) in [5.74, 6) is 0. The molecule has 12 heteroatoms. The molecule has 0 bridgehead atoms. The zero-order chi connectivity index (χ0) is 30.9. The average Bonchev–Trinajstić information content (AvgIpc) is 3.49. The van der Waals surface area contributed by atoms with Gasteiger partial charge in [-0.05, 0) is 42.3 Å². The van der Waals surface area contributed by atoms with E-state index in [2.05, 4.69) is 36.9 Å². The molecule has 2 fully saturated rings. The SMILES string of the molecule is N#Cc1cnc2c(Cl)cc(N[C@@H](c3ccccc3)c3cn([C@@H]4CCN(C5COC5)C[C@H]4O)nn3)cc2c1Nc1cccc(Cl)c1. The summed E-state index contributed by atoms with van der Waals surface area (Å²) < 4.78 is 7.13. The molecule has 7 rings (SSSR count). The third-order valence-electron chi connectivity index (χ3n) is 8.46. The van der Waals surface area contributed by atoms with E-state index in [1.165, 1.54) is 6.20 Å². The Hall–Kier alpha value is -4.24. The molecule has 3 aromatic carbocycles. The van der Waals surface area contributed by atoms with Gasteiger partial charge in [-0.1, -0.05) is 64.8 Å². The Bertz CT molecular complexity index is 1870. The molecule has 0 radical (unpaired) electrons. The minimum Gasteiger partial charge on any atom is -0.390 e. The van der Waals surface area contributed by atoms with Crippen LogP contribution in [-0.2, 0) is 4.74 Å². The second-order valence-electron chi connectivity index (χ2n) is 11.4. The summed E-state index contributed by atoms with van der Waals surface area (Å²) in [5.41, 5.74) is 4.61. The molecule has 2 saturated heterocycles. The lowest BCUT2D eigenvalue weighted by Gasteiger charge is -2.43. The fraction of sp³-hybridized carbons (Fsp3) is 0.273. The lowest BCUT2D eigenvalue weighted by atomic mass is 9.99. The molecule has 2 aliphatic rings. The van der Waals surface area contributed by atoms with E-state index in [1.54, 1.807) is 16.8 Å². The third kappa shape index (κ3) is 6.06. The van der Waals surface area contributed by atoms with Crippen LogP contribution in [-0.4, -0.2) is 68.4 Å². The van der Waals surface area contributed by atoms with Crippen molar-refractivity contribution in [2.24, 2.45) is 0 Å². The Labute approximate surface area is 270 Å². The second-order valence-corrected chi connectivity index (χ2v) is 12.2. The van der Waals surface area contributed by atoms with Gasteiger partial charge in [-0.2, -0.15) is 5.26 Å². The predicted molar refractivity (Wildman–Crippen MR) is 174 cm³/mol. The van der Waals surface area contributed by atoms with Crippen molar-refractivity contribution in [3.8, 4) is 6.07 Å². The maximum atomic E-state index is 11.0. The van der Waals surface area contributed by atoms with Gasteiger partial charge in [0, 0.05) is 41.1 Å². The molecule has 4 heterocycles. The molecular formula is C33H30Cl2N8O2. The van der Waals surface area contributed by atoms with Crippen LogP contribution in [0.5, 0.6) is 0 Å². The molecule has 0 amide bonds. The van der Waals surface area contributed by atoms with E-state index in [-0.39, 0.29) is 12.1 Å². The zero-order valence-corrected chi connectivity index (χ0v) is 25.7. The van der Waals surface area contributed by atoms with E-state index in [1.807, 2.05) is 60.8 Å². The Kier molecular flexibility index (Phi) is 8.27. The fourth-order valence-electron chi connectivity index (χ4n) is 6.02. The number of β-amino-alcohol motifs (C(OH)–C–C–N with tert-alkyl or cyclic N) is 1. The first-order chi connectivity index (χ1) is 22.0. The molecule has 2 aromatic heterocycles. The first-order valence-corrected chi connectivity index (χ1v) is 15.5. The quantitative estimate of drug-likeness (QED) is 0.188. The summed E-state index contributed by atoms with van der Waals surface area (Å²) in [6.07, 6.45) is 3.62. The summed E-state index contributed by atoms with van der Waals surface area (Å²) in [7, 11) is 0. The number of rotatable bonds is 8. The first-order valence-electron chi connectivity index (χ1n) is 14.7. The van der Waals surface area contributed by atoms with Crippen molar-refractivity contribution < 1.29 is 9.84 Å². The molecule has 2 aliphatic heterocycles. The van der Waals surface area contributed by atoms with E-state index in [9.17, 15) is 10.4 Å². The molecule has 45 heavy (non-hydrogen) atoms. The second kappa shape index (κ2) is 12.6. The molecule has 10 nitrogen and oxygen atoms in total. The number of pyridine rings is 1. The number of likely N-dealkylation sites (tertiary alicyclic amines) is 1. The van der Waals surface area contributed by atoms with Crippen molar-refractivity contribution in [3.63, 3.8) is 0 Å². The van der Waals surface area contributed by atoms with Gasteiger partial charge in [0.1, 0.15) is 11.8 Å². The normalized spacial score (nSPS) is 19.5. The minimum absolute atomic E-state index is 0.175. The zero-order valence-electron chi connectivity index (χ0n) is 24.1. The van der Waals surface area contributed by atoms with Gasteiger partial charge in [0.25, 0.3) is 0 Å². The number of piperidine rings is 1. The fourth-order valence-corrected chi connectivity index (χ4v) is 6.47. The average molecular weight is 642 g/mol. The van der Waals surface area contributed by atoms with Gasteiger partial charge in [0.05, 0.1) is 65.4 Å². The number of aliphatic hydroxyl groups excluding tert-OH is 1. The van der Waals surface area contributed by atoms with Gasteiger partial charge in [0.2, 0.25) is 0 Å². The van der Waals surface area contributed by atoms with E-state index in [0.29, 0.717) is 56.2 Å². The Balaban J connectivity index is 1.22. The number of hydrogen-bond donors (Lipinski definition) is 3. The summed E-state index contributed by atoms with van der Waals surface area (Å²) in [6, 6.07) is 23.0. The highest BCUT2D eigenvalue weighted by Crippen LogP contribution is 2.37. The van der Waals surface area contributed by atoms with E-state index in [0.717, 1.165) is 37.4 Å². The van der Waals surface area contributed by atoms with Crippen molar-refractivity contribution >= 4 is 51.2 Å². The van der Waals surface area contributed by atoms with Gasteiger partial charge in [-0.15, -0.1) is 5.10 Å². The molecular weight excluding hydrogens is 611 g/mol. The number of aliphatic hydroxyl groups is 1. The maximum absolute atomic E-state index is 11.0. The molecule has 5 aromatic rings. The van der Waals surface area contributed by atoms with Crippen LogP contribution in [0.4, 0.5) is 17.1 Å². The van der Waals surface area contributed by atoms with Crippen molar-refractivity contribution in [1.82, 2.24) is 24.9 Å². The topological polar surface area (TPSA) is 124 Å². The van der Waals surface area contributed by atoms with Gasteiger partial charge < -0.3 is 20.5 Å². The number of aromatic nitrogens is 4. The van der Waals surface area contributed by atoms with Crippen LogP contribution >= 0.6 is 23.2 Å². The Morgan fingerprint density at radius 3 is 2.62 bits per heavy atom. The summed E-state index contributed by atoms with van der Waals surface area (Å²) in [4.78, 5) is 6.78. The Morgan fingerprint density at radius 1 is 1.04 bits per heavy atom. The number of fused-ring (bicyclic) bond motifs is 1. The summed E-state index contributed by atoms with van der Waals surface area (Å²) in [5, 5.41) is 38.6. The number of anilines is 3. The molecule has 3 N–H and O–H groups in total. The van der Waals surface area contributed by atoms with Gasteiger partial charge in [-0.25, -0.2) is 4.68 Å². The standard InChI is InChI=1S/C33H30Cl2N8O2/c34-22-7-4-8-23(11-22)38-31-21(14-36)15-37-33-26(31)12-24(13-27(33)35)39-32(20-5-2-1-3-6-20)28-16-43(41-40-28)29-9-10-42(17-30(29)44)25-18-45-19-25/h1-8,11-13,15-16,25,29-30,32,39,44H,9-10,17-19H2,(H,37,38)/t29-,30-,32+/m1/s1.